The minimum absolute atomic E-state index is 0.724. The minimum Gasteiger partial charge on any atom is -0.238 e. The first kappa shape index (κ1) is 23.8. The molecule has 5 aromatic rings. The molecule has 0 saturated heterocycles. The second-order valence-electron chi connectivity index (χ2n) is 7.65. The highest BCUT2D eigenvalue weighted by molar-refractivity contribution is 8.02. The molecule has 6 heteroatoms. The van der Waals surface area contributed by atoms with E-state index in [1.807, 2.05) is 89.6 Å². The second-order valence-corrected chi connectivity index (χ2v) is 10.6. The molecule has 0 aliphatic heterocycles. The summed E-state index contributed by atoms with van der Waals surface area (Å²) < 4.78 is 1.97. The Hall–Kier alpha value is -2.89. The number of rotatable bonds is 7. The van der Waals surface area contributed by atoms with Crippen molar-refractivity contribution in [3.63, 3.8) is 0 Å². The minimum atomic E-state index is 0.724. The Morgan fingerprint density at radius 3 is 1.89 bits per heavy atom. The predicted molar refractivity (Wildman–Crippen MR) is 150 cm³/mol. The van der Waals surface area contributed by atoms with Crippen molar-refractivity contribution in [2.75, 3.05) is 0 Å². The summed E-state index contributed by atoms with van der Waals surface area (Å²) in [6.45, 7) is 0. The van der Waals surface area contributed by atoms with Gasteiger partial charge in [0.1, 0.15) is 5.69 Å². The van der Waals surface area contributed by atoms with Crippen molar-refractivity contribution in [3.8, 4) is 11.3 Å². The smallest absolute Gasteiger partial charge is 0.107 e. The topological polar surface area (TPSA) is 17.8 Å². The number of hydrogen-bond acceptors (Lipinski definition) is 3. The van der Waals surface area contributed by atoms with E-state index in [1.165, 1.54) is 0 Å². The van der Waals surface area contributed by atoms with Crippen LogP contribution in [0.15, 0.2) is 135 Å². The van der Waals surface area contributed by atoms with Crippen LogP contribution >= 0.6 is 46.7 Å². The summed E-state index contributed by atoms with van der Waals surface area (Å²) in [4.78, 5) is 3.28. The molecule has 2 nitrogen and oxygen atoms in total. The summed E-state index contributed by atoms with van der Waals surface area (Å²) >= 11 is 15.5. The van der Waals surface area contributed by atoms with Crippen molar-refractivity contribution in [2.45, 2.75) is 14.7 Å². The van der Waals surface area contributed by atoms with Crippen molar-refractivity contribution in [3.05, 3.63) is 136 Å². The van der Waals surface area contributed by atoms with E-state index in [0.717, 1.165) is 47.2 Å². The number of nitrogens with zero attached hydrogens (tertiary/aromatic N) is 2. The van der Waals surface area contributed by atoms with E-state index in [9.17, 15) is 0 Å². The molecule has 1 aromatic heterocycles. The van der Waals surface area contributed by atoms with Gasteiger partial charge in [0.25, 0.3) is 0 Å². The Morgan fingerprint density at radius 1 is 0.686 bits per heavy atom. The normalized spacial score (nSPS) is 11.5. The molecule has 35 heavy (non-hydrogen) atoms. The van der Waals surface area contributed by atoms with E-state index in [0.29, 0.717) is 0 Å². The van der Waals surface area contributed by atoms with Gasteiger partial charge >= 0.3 is 0 Å². The fourth-order valence-electron chi connectivity index (χ4n) is 3.48. The molecule has 0 spiro atoms. The molecule has 0 amide bonds. The van der Waals surface area contributed by atoms with Crippen molar-refractivity contribution in [1.29, 1.82) is 0 Å². The largest absolute Gasteiger partial charge is 0.238 e. The van der Waals surface area contributed by atoms with Crippen LogP contribution in [-0.2, 0) is 0 Å². The van der Waals surface area contributed by atoms with Crippen LogP contribution in [0, 0.1) is 0 Å². The van der Waals surface area contributed by atoms with Crippen molar-refractivity contribution in [2.24, 2.45) is 0 Å². The lowest BCUT2D eigenvalue weighted by molar-refractivity contribution is 0.908. The lowest BCUT2D eigenvalue weighted by Gasteiger charge is -2.08. The number of aromatic nitrogens is 2. The first-order valence-corrected chi connectivity index (χ1v) is 13.4. The third-order valence-corrected chi connectivity index (χ3v) is 7.62. The van der Waals surface area contributed by atoms with Crippen molar-refractivity contribution >= 4 is 52.4 Å². The van der Waals surface area contributed by atoms with Crippen LogP contribution in [0.1, 0.15) is 5.56 Å². The summed E-state index contributed by atoms with van der Waals surface area (Å²) in [5.41, 5.74) is 4.08. The first-order valence-electron chi connectivity index (χ1n) is 10.9. The summed E-state index contributed by atoms with van der Waals surface area (Å²) in [7, 11) is 0. The van der Waals surface area contributed by atoms with Crippen LogP contribution in [0.5, 0.6) is 0 Å². The Kier molecular flexibility index (Phi) is 7.65. The Bertz CT molecular complexity index is 1430. The maximum absolute atomic E-state index is 6.11. The van der Waals surface area contributed by atoms with Crippen LogP contribution in [0.25, 0.3) is 17.0 Å². The van der Waals surface area contributed by atoms with Gasteiger partial charge < -0.3 is 0 Å². The molecule has 0 N–H and O–H groups in total. The van der Waals surface area contributed by atoms with Gasteiger partial charge in [-0.05, 0) is 48.5 Å². The third kappa shape index (κ3) is 6.03. The van der Waals surface area contributed by atoms with Gasteiger partial charge in [-0.25, -0.2) is 4.68 Å². The second kappa shape index (κ2) is 11.2. The standard InChI is InChI=1S/C29H20Cl2N2S2/c30-23-11-15-25(16-12-23)34-20-27(21-7-3-1-4-8-21)33-19-28(35-26-17-13-24(31)14-18-26)29(32-33)22-9-5-2-6-10-22/h1-20H/b27-20+. The summed E-state index contributed by atoms with van der Waals surface area (Å²) in [5.74, 6) is 0. The molecule has 0 aliphatic rings. The monoisotopic (exact) mass is 530 g/mol. The van der Waals surface area contributed by atoms with Crippen LogP contribution < -0.4 is 0 Å². The molecule has 0 saturated carbocycles. The molecule has 0 atom stereocenters. The zero-order chi connectivity index (χ0) is 24.0. The van der Waals surface area contributed by atoms with Gasteiger partial charge in [0, 0.05) is 42.6 Å². The van der Waals surface area contributed by atoms with Gasteiger partial charge in [0.15, 0.2) is 0 Å². The van der Waals surface area contributed by atoms with Gasteiger partial charge in [-0.3, -0.25) is 0 Å². The lowest BCUT2D eigenvalue weighted by atomic mass is 10.2. The number of benzene rings is 4. The Morgan fingerprint density at radius 2 is 1.26 bits per heavy atom. The highest BCUT2D eigenvalue weighted by atomic mass is 35.5. The SMILES string of the molecule is Clc1ccc(S/C=C(\c2ccccc2)n2cc(Sc3ccc(Cl)cc3)c(-c3ccccc3)n2)cc1. The van der Waals surface area contributed by atoms with Gasteiger partial charge in [0.2, 0.25) is 0 Å². The molecular formula is C29H20Cl2N2S2. The number of halogens is 2. The van der Waals surface area contributed by atoms with Crippen LogP contribution in [0.2, 0.25) is 10.0 Å². The molecule has 0 aliphatic carbocycles. The van der Waals surface area contributed by atoms with E-state index in [-0.39, 0.29) is 0 Å². The Balaban J connectivity index is 1.58. The van der Waals surface area contributed by atoms with E-state index in [2.05, 4.69) is 35.9 Å². The molecule has 172 valence electrons. The maximum Gasteiger partial charge on any atom is 0.107 e. The molecule has 0 radical (unpaired) electrons. The quantitative estimate of drug-likeness (QED) is 0.195. The molecule has 1 heterocycles. The van der Waals surface area contributed by atoms with Crippen LogP contribution in [0.3, 0.4) is 0 Å². The van der Waals surface area contributed by atoms with E-state index in [4.69, 9.17) is 28.3 Å². The molecule has 0 unspecified atom stereocenters. The van der Waals surface area contributed by atoms with Crippen molar-refractivity contribution < 1.29 is 0 Å². The lowest BCUT2D eigenvalue weighted by Crippen LogP contribution is -1.99. The molecule has 0 fully saturated rings. The van der Waals surface area contributed by atoms with Gasteiger partial charge in [0.05, 0.1) is 10.6 Å². The molecule has 0 bridgehead atoms. The number of thioether (sulfide) groups is 1. The van der Waals surface area contributed by atoms with E-state index >= 15 is 0 Å². The zero-order valence-electron chi connectivity index (χ0n) is 18.5. The molecular weight excluding hydrogens is 511 g/mol. The van der Waals surface area contributed by atoms with Crippen LogP contribution in [-0.4, -0.2) is 9.78 Å². The highest BCUT2D eigenvalue weighted by Gasteiger charge is 2.16. The highest BCUT2D eigenvalue weighted by Crippen LogP contribution is 2.37. The number of hydrogen-bond donors (Lipinski definition) is 0. The van der Waals surface area contributed by atoms with Gasteiger partial charge in [-0.1, -0.05) is 107 Å². The van der Waals surface area contributed by atoms with E-state index in [1.54, 1.807) is 23.5 Å². The predicted octanol–water partition coefficient (Wildman–Crippen LogP) is 9.65. The fraction of sp³-hybridized carbons (Fsp3) is 0. The molecule has 4 aromatic carbocycles. The van der Waals surface area contributed by atoms with E-state index < -0.39 is 0 Å². The van der Waals surface area contributed by atoms with Crippen LogP contribution in [0.4, 0.5) is 0 Å². The third-order valence-electron chi connectivity index (χ3n) is 5.21. The van der Waals surface area contributed by atoms with Crippen molar-refractivity contribution in [1.82, 2.24) is 9.78 Å². The summed E-state index contributed by atoms with van der Waals surface area (Å²) in [6, 6.07) is 36.3. The average Bonchev–Trinajstić information content (AvgIpc) is 3.31. The first-order chi connectivity index (χ1) is 17.2. The van der Waals surface area contributed by atoms with Gasteiger partial charge in [-0.15, -0.1) is 0 Å². The summed E-state index contributed by atoms with van der Waals surface area (Å²) in [5, 5.41) is 8.65. The Labute approximate surface area is 223 Å². The average molecular weight is 532 g/mol. The maximum atomic E-state index is 6.11. The zero-order valence-corrected chi connectivity index (χ0v) is 21.7. The fourth-order valence-corrected chi connectivity index (χ4v) is 5.45. The van der Waals surface area contributed by atoms with Gasteiger partial charge in [-0.2, -0.15) is 5.10 Å². The molecule has 5 rings (SSSR count). The summed E-state index contributed by atoms with van der Waals surface area (Å²) in [6.07, 6.45) is 2.10.